The minimum absolute atomic E-state index is 0.00999. The first-order valence-corrected chi connectivity index (χ1v) is 9.41. The molecular weight excluding hydrogens is 347 g/mol. The molecule has 1 heterocycles. The van der Waals surface area contributed by atoms with E-state index >= 15 is 0 Å². The quantitative estimate of drug-likeness (QED) is 0.818. The third-order valence-corrected chi connectivity index (χ3v) is 4.98. The maximum absolute atomic E-state index is 13.6. The molecule has 6 nitrogen and oxygen atoms in total. The summed E-state index contributed by atoms with van der Waals surface area (Å²) in [6.07, 6.45) is 5.57. The van der Waals surface area contributed by atoms with Crippen LogP contribution in [0, 0.1) is 11.7 Å². The highest BCUT2D eigenvalue weighted by molar-refractivity contribution is 5.96. The molecule has 2 aromatic rings. The van der Waals surface area contributed by atoms with E-state index in [9.17, 15) is 14.0 Å². The molecule has 0 radical (unpaired) electrons. The summed E-state index contributed by atoms with van der Waals surface area (Å²) in [6, 6.07) is 8.06. The topological polar surface area (TPSA) is 76.0 Å². The van der Waals surface area contributed by atoms with Crippen molar-refractivity contribution in [2.45, 2.75) is 38.5 Å². The molecule has 1 aliphatic carbocycles. The number of aryl methyl sites for hydroxylation is 1. The van der Waals surface area contributed by atoms with Gasteiger partial charge in [0.1, 0.15) is 11.6 Å². The minimum Gasteiger partial charge on any atom is -0.350 e. The van der Waals surface area contributed by atoms with Crippen LogP contribution >= 0.6 is 0 Å². The summed E-state index contributed by atoms with van der Waals surface area (Å²) >= 11 is 0. The highest BCUT2D eigenvalue weighted by Gasteiger charge is 2.22. The SMILES string of the molecule is Cn1nc(C(=O)NCCc2ccccc2F)cc1NC(=O)C1CCCCC1. The molecule has 0 saturated heterocycles. The van der Waals surface area contributed by atoms with Crippen LogP contribution in [0.5, 0.6) is 0 Å². The standard InChI is InChI=1S/C20H25FN4O2/c1-25-18(23-19(26)15-8-3-2-4-9-15)13-17(24-25)20(27)22-12-11-14-7-5-6-10-16(14)21/h5-7,10,13,15H,2-4,8-9,11-12H2,1H3,(H,22,27)(H,23,26). The molecule has 1 fully saturated rings. The molecule has 0 atom stereocenters. The third kappa shape index (κ3) is 4.93. The van der Waals surface area contributed by atoms with Gasteiger partial charge in [0, 0.05) is 25.6 Å². The summed E-state index contributed by atoms with van der Waals surface area (Å²) in [5, 5.41) is 9.78. The van der Waals surface area contributed by atoms with Crippen molar-refractivity contribution in [1.82, 2.24) is 15.1 Å². The fraction of sp³-hybridized carbons (Fsp3) is 0.450. The monoisotopic (exact) mass is 372 g/mol. The van der Waals surface area contributed by atoms with Gasteiger partial charge < -0.3 is 10.6 Å². The van der Waals surface area contributed by atoms with Crippen molar-refractivity contribution in [3.05, 3.63) is 47.4 Å². The Morgan fingerprint density at radius 3 is 2.70 bits per heavy atom. The van der Waals surface area contributed by atoms with E-state index in [2.05, 4.69) is 15.7 Å². The number of nitrogens with one attached hydrogen (secondary N) is 2. The molecule has 1 aromatic carbocycles. The highest BCUT2D eigenvalue weighted by atomic mass is 19.1. The summed E-state index contributed by atoms with van der Waals surface area (Å²) in [4.78, 5) is 24.7. The number of nitrogens with zero attached hydrogens (tertiary/aromatic N) is 2. The highest BCUT2D eigenvalue weighted by Crippen LogP contribution is 2.25. The van der Waals surface area contributed by atoms with Gasteiger partial charge in [-0.15, -0.1) is 0 Å². The Balaban J connectivity index is 1.54. The fourth-order valence-corrected chi connectivity index (χ4v) is 3.39. The first-order chi connectivity index (χ1) is 13.0. The second-order valence-corrected chi connectivity index (χ2v) is 6.96. The third-order valence-electron chi connectivity index (χ3n) is 4.98. The smallest absolute Gasteiger partial charge is 0.271 e. The predicted molar refractivity (Wildman–Crippen MR) is 101 cm³/mol. The van der Waals surface area contributed by atoms with Crippen molar-refractivity contribution in [1.29, 1.82) is 0 Å². The van der Waals surface area contributed by atoms with Crippen LogP contribution in [0.3, 0.4) is 0 Å². The predicted octanol–water partition coefficient (Wildman–Crippen LogP) is 3.05. The van der Waals surface area contributed by atoms with Gasteiger partial charge in [-0.05, 0) is 30.9 Å². The zero-order chi connectivity index (χ0) is 19.2. The Morgan fingerprint density at radius 1 is 1.22 bits per heavy atom. The Labute approximate surface area is 158 Å². The van der Waals surface area contributed by atoms with Crippen LogP contribution in [0.25, 0.3) is 0 Å². The lowest BCUT2D eigenvalue weighted by Gasteiger charge is -2.20. The Bertz CT molecular complexity index is 812. The molecule has 0 aliphatic heterocycles. The molecule has 1 aromatic heterocycles. The summed E-state index contributed by atoms with van der Waals surface area (Å²) < 4.78 is 15.1. The van der Waals surface area contributed by atoms with Crippen molar-refractivity contribution in [2.24, 2.45) is 13.0 Å². The van der Waals surface area contributed by atoms with Crippen molar-refractivity contribution >= 4 is 17.6 Å². The van der Waals surface area contributed by atoms with E-state index < -0.39 is 0 Å². The van der Waals surface area contributed by atoms with Gasteiger partial charge in [0.15, 0.2) is 5.69 Å². The van der Waals surface area contributed by atoms with Gasteiger partial charge in [-0.2, -0.15) is 5.10 Å². The lowest BCUT2D eigenvalue weighted by atomic mass is 9.89. The van der Waals surface area contributed by atoms with Gasteiger partial charge in [-0.1, -0.05) is 37.5 Å². The number of hydrogen-bond donors (Lipinski definition) is 2. The number of carbonyl (C=O) groups excluding carboxylic acids is 2. The van der Waals surface area contributed by atoms with E-state index in [1.165, 1.54) is 17.2 Å². The van der Waals surface area contributed by atoms with E-state index in [1.807, 2.05) is 0 Å². The second kappa shape index (κ2) is 8.79. The normalized spacial score (nSPS) is 14.7. The lowest BCUT2D eigenvalue weighted by Crippen LogP contribution is -2.26. The number of hydrogen-bond acceptors (Lipinski definition) is 3. The van der Waals surface area contributed by atoms with Crippen LogP contribution in [0.15, 0.2) is 30.3 Å². The zero-order valence-corrected chi connectivity index (χ0v) is 15.5. The maximum atomic E-state index is 13.6. The van der Waals surface area contributed by atoms with Crippen LogP contribution in [0.2, 0.25) is 0 Å². The molecule has 3 rings (SSSR count). The van der Waals surface area contributed by atoms with Gasteiger partial charge in [-0.3, -0.25) is 14.3 Å². The summed E-state index contributed by atoms with van der Waals surface area (Å²) in [6.45, 7) is 0.306. The number of anilines is 1. The van der Waals surface area contributed by atoms with Gasteiger partial charge in [-0.25, -0.2) is 4.39 Å². The van der Waals surface area contributed by atoms with Gasteiger partial charge in [0.2, 0.25) is 5.91 Å². The molecule has 7 heteroatoms. The minimum atomic E-state index is -0.347. The van der Waals surface area contributed by atoms with Crippen molar-refractivity contribution in [2.75, 3.05) is 11.9 Å². The number of aromatic nitrogens is 2. The van der Waals surface area contributed by atoms with Gasteiger partial charge in [0.25, 0.3) is 5.91 Å². The van der Waals surface area contributed by atoms with Crippen LogP contribution in [0.1, 0.15) is 48.2 Å². The molecule has 1 aliphatic rings. The molecule has 27 heavy (non-hydrogen) atoms. The molecule has 1 saturated carbocycles. The lowest BCUT2D eigenvalue weighted by molar-refractivity contribution is -0.120. The van der Waals surface area contributed by atoms with E-state index in [4.69, 9.17) is 0 Å². The summed E-state index contributed by atoms with van der Waals surface area (Å²) in [5.74, 6) is -0.0989. The zero-order valence-electron chi connectivity index (χ0n) is 15.5. The Kier molecular flexibility index (Phi) is 6.21. The summed E-state index contributed by atoms with van der Waals surface area (Å²) in [7, 11) is 1.69. The van der Waals surface area contributed by atoms with Crippen molar-refractivity contribution in [3.63, 3.8) is 0 Å². The molecular formula is C20H25FN4O2. The first kappa shape index (κ1) is 19.1. The van der Waals surface area contributed by atoms with Crippen LogP contribution in [-0.2, 0) is 18.3 Å². The maximum Gasteiger partial charge on any atom is 0.271 e. The van der Waals surface area contributed by atoms with Gasteiger partial charge in [0.05, 0.1) is 0 Å². The molecule has 0 spiro atoms. The molecule has 2 amide bonds. The largest absolute Gasteiger partial charge is 0.350 e. The molecule has 144 valence electrons. The molecule has 0 unspecified atom stereocenters. The van der Waals surface area contributed by atoms with Crippen LogP contribution in [-0.4, -0.2) is 28.1 Å². The number of carbonyl (C=O) groups is 2. The number of halogens is 1. The van der Waals surface area contributed by atoms with Gasteiger partial charge >= 0.3 is 0 Å². The average Bonchev–Trinajstić information content (AvgIpc) is 3.04. The van der Waals surface area contributed by atoms with Crippen LogP contribution < -0.4 is 10.6 Å². The van der Waals surface area contributed by atoms with E-state index in [1.54, 1.807) is 31.3 Å². The Morgan fingerprint density at radius 2 is 1.96 bits per heavy atom. The van der Waals surface area contributed by atoms with E-state index in [0.717, 1.165) is 25.7 Å². The van der Waals surface area contributed by atoms with Crippen LogP contribution in [0.4, 0.5) is 10.2 Å². The van der Waals surface area contributed by atoms with E-state index in [0.29, 0.717) is 24.3 Å². The second-order valence-electron chi connectivity index (χ2n) is 6.96. The molecule has 0 bridgehead atoms. The fourth-order valence-electron chi connectivity index (χ4n) is 3.39. The Hall–Kier alpha value is -2.70. The summed E-state index contributed by atoms with van der Waals surface area (Å²) in [5.41, 5.74) is 0.782. The number of benzene rings is 1. The number of amides is 2. The van der Waals surface area contributed by atoms with E-state index in [-0.39, 0.29) is 29.2 Å². The molecule has 2 N–H and O–H groups in total. The first-order valence-electron chi connectivity index (χ1n) is 9.41. The van der Waals surface area contributed by atoms with Crippen molar-refractivity contribution in [3.8, 4) is 0 Å². The number of rotatable bonds is 6. The van der Waals surface area contributed by atoms with Crippen molar-refractivity contribution < 1.29 is 14.0 Å². The average molecular weight is 372 g/mol.